The Morgan fingerprint density at radius 1 is 1.12 bits per heavy atom. The van der Waals surface area contributed by atoms with E-state index in [0.29, 0.717) is 24.7 Å². The molecule has 0 aliphatic carbocycles. The zero-order chi connectivity index (χ0) is 17.8. The van der Waals surface area contributed by atoms with Crippen LogP contribution in [0.5, 0.6) is 0 Å². The molecule has 138 valence electrons. The monoisotopic (exact) mass is 355 g/mol. The second-order valence-electron chi connectivity index (χ2n) is 6.94. The van der Waals surface area contributed by atoms with Gasteiger partial charge in [-0.25, -0.2) is 4.98 Å². The van der Waals surface area contributed by atoms with Crippen molar-refractivity contribution in [2.24, 2.45) is 5.92 Å². The van der Waals surface area contributed by atoms with Gasteiger partial charge in [0.25, 0.3) is 5.91 Å². The van der Waals surface area contributed by atoms with Gasteiger partial charge in [0.2, 0.25) is 0 Å². The third-order valence-corrected chi connectivity index (χ3v) is 5.23. The van der Waals surface area contributed by atoms with E-state index < -0.39 is 0 Å². The van der Waals surface area contributed by atoms with Gasteiger partial charge in [0.05, 0.1) is 18.8 Å². The van der Waals surface area contributed by atoms with Crippen LogP contribution in [0.4, 0.5) is 5.82 Å². The first-order valence-corrected chi connectivity index (χ1v) is 9.35. The Morgan fingerprint density at radius 3 is 2.65 bits per heavy atom. The summed E-state index contributed by atoms with van der Waals surface area (Å²) in [6, 6.07) is 5.70. The molecule has 4 heterocycles. The number of hydrogen-bond acceptors (Lipinski definition) is 5. The number of aromatic nitrogens is 3. The van der Waals surface area contributed by atoms with Gasteiger partial charge in [-0.3, -0.25) is 9.48 Å². The molecule has 1 amide bonds. The highest BCUT2D eigenvalue weighted by atomic mass is 16.5. The number of anilines is 1. The molecule has 26 heavy (non-hydrogen) atoms. The van der Waals surface area contributed by atoms with E-state index in [1.54, 1.807) is 6.20 Å². The van der Waals surface area contributed by atoms with Crippen molar-refractivity contribution in [3.05, 3.63) is 42.4 Å². The van der Waals surface area contributed by atoms with E-state index in [-0.39, 0.29) is 5.91 Å². The van der Waals surface area contributed by atoms with E-state index >= 15 is 0 Å². The third kappa shape index (κ3) is 3.72. The molecular weight excluding hydrogens is 330 g/mol. The van der Waals surface area contributed by atoms with Gasteiger partial charge >= 0.3 is 0 Å². The molecule has 7 nitrogen and oxygen atoms in total. The fraction of sp³-hybridized carbons (Fsp3) is 0.526. The number of carbonyl (C=O) groups is 1. The standard InChI is InChI=1S/C19H25N5O2/c25-19(17-3-1-6-20-18(17)22-11-13-26-14-12-22)23-9-4-16(5-10-23)15-24-8-2-7-21-24/h1-3,6-8,16H,4-5,9-15H2. The van der Waals surface area contributed by atoms with Gasteiger partial charge in [-0.15, -0.1) is 0 Å². The first-order valence-electron chi connectivity index (χ1n) is 9.35. The summed E-state index contributed by atoms with van der Waals surface area (Å²) in [5.41, 5.74) is 0.708. The zero-order valence-electron chi connectivity index (χ0n) is 15.0. The van der Waals surface area contributed by atoms with E-state index in [1.807, 2.05) is 40.2 Å². The smallest absolute Gasteiger partial charge is 0.257 e. The minimum absolute atomic E-state index is 0.0946. The molecule has 0 radical (unpaired) electrons. The fourth-order valence-corrected chi connectivity index (χ4v) is 3.75. The first-order chi connectivity index (χ1) is 12.8. The van der Waals surface area contributed by atoms with Crippen LogP contribution in [-0.4, -0.2) is 65.0 Å². The van der Waals surface area contributed by atoms with Crippen molar-refractivity contribution < 1.29 is 9.53 Å². The quantitative estimate of drug-likeness (QED) is 0.835. The van der Waals surface area contributed by atoms with Gasteiger partial charge in [0.1, 0.15) is 5.82 Å². The number of rotatable bonds is 4. The van der Waals surface area contributed by atoms with Crippen LogP contribution in [0.15, 0.2) is 36.8 Å². The number of nitrogens with zero attached hydrogens (tertiary/aromatic N) is 5. The fourth-order valence-electron chi connectivity index (χ4n) is 3.75. The number of hydrogen-bond donors (Lipinski definition) is 0. The number of ether oxygens (including phenoxy) is 1. The van der Waals surface area contributed by atoms with Gasteiger partial charge in [-0.1, -0.05) is 0 Å². The molecule has 0 bridgehead atoms. The number of carbonyl (C=O) groups excluding carboxylic acids is 1. The molecule has 0 N–H and O–H groups in total. The molecule has 2 fully saturated rings. The largest absolute Gasteiger partial charge is 0.378 e. The van der Waals surface area contributed by atoms with E-state index in [4.69, 9.17) is 4.74 Å². The topological polar surface area (TPSA) is 63.5 Å². The summed E-state index contributed by atoms with van der Waals surface area (Å²) in [5, 5.41) is 4.29. The van der Waals surface area contributed by atoms with Crippen LogP contribution < -0.4 is 4.90 Å². The predicted molar refractivity (Wildman–Crippen MR) is 98.1 cm³/mol. The highest BCUT2D eigenvalue weighted by Crippen LogP contribution is 2.24. The molecule has 0 aromatic carbocycles. The molecule has 4 rings (SSSR count). The molecule has 2 saturated heterocycles. The second-order valence-corrected chi connectivity index (χ2v) is 6.94. The van der Waals surface area contributed by atoms with Crippen LogP contribution in [0.1, 0.15) is 23.2 Å². The summed E-state index contributed by atoms with van der Waals surface area (Å²) in [6.45, 7) is 5.45. The summed E-state index contributed by atoms with van der Waals surface area (Å²) in [5.74, 6) is 1.46. The highest BCUT2D eigenvalue weighted by molar-refractivity contribution is 5.99. The van der Waals surface area contributed by atoms with Crippen LogP contribution in [0.3, 0.4) is 0 Å². The maximum atomic E-state index is 13.1. The Labute approximate surface area is 153 Å². The molecule has 0 saturated carbocycles. The van der Waals surface area contributed by atoms with E-state index in [0.717, 1.165) is 51.4 Å². The van der Waals surface area contributed by atoms with E-state index in [9.17, 15) is 4.79 Å². The lowest BCUT2D eigenvalue weighted by Crippen LogP contribution is -2.42. The number of pyridine rings is 1. The van der Waals surface area contributed by atoms with Gasteiger partial charge in [-0.05, 0) is 37.0 Å². The van der Waals surface area contributed by atoms with Crippen molar-refractivity contribution in [3.63, 3.8) is 0 Å². The molecule has 2 aromatic heterocycles. The Balaban J connectivity index is 1.41. The lowest BCUT2D eigenvalue weighted by Gasteiger charge is -2.34. The van der Waals surface area contributed by atoms with Crippen molar-refractivity contribution in [3.8, 4) is 0 Å². The molecule has 2 aliphatic heterocycles. The van der Waals surface area contributed by atoms with Gasteiger partial charge in [-0.2, -0.15) is 5.10 Å². The van der Waals surface area contributed by atoms with Crippen molar-refractivity contribution in [2.75, 3.05) is 44.3 Å². The summed E-state index contributed by atoms with van der Waals surface area (Å²) in [4.78, 5) is 21.7. The third-order valence-electron chi connectivity index (χ3n) is 5.23. The Bertz CT molecular complexity index is 719. The SMILES string of the molecule is O=C(c1cccnc1N1CCOCC1)N1CCC(Cn2cccn2)CC1. The second kappa shape index (κ2) is 7.86. The normalized spacial score (nSPS) is 18.9. The maximum absolute atomic E-state index is 13.1. The highest BCUT2D eigenvalue weighted by Gasteiger charge is 2.27. The van der Waals surface area contributed by atoms with Crippen molar-refractivity contribution in [1.82, 2.24) is 19.7 Å². The number of piperidine rings is 1. The average Bonchev–Trinajstić information content (AvgIpc) is 3.22. The van der Waals surface area contributed by atoms with Gasteiger partial charge in [0.15, 0.2) is 0 Å². The Kier molecular flexibility index (Phi) is 5.15. The minimum Gasteiger partial charge on any atom is -0.378 e. The number of morpholine rings is 1. The lowest BCUT2D eigenvalue weighted by atomic mass is 9.96. The molecule has 2 aliphatic rings. The van der Waals surface area contributed by atoms with Crippen LogP contribution in [0, 0.1) is 5.92 Å². The van der Waals surface area contributed by atoms with E-state index in [2.05, 4.69) is 15.0 Å². The molecule has 0 atom stereocenters. The summed E-state index contributed by atoms with van der Waals surface area (Å²) in [6.07, 6.45) is 7.60. The summed E-state index contributed by atoms with van der Waals surface area (Å²) < 4.78 is 7.41. The minimum atomic E-state index is 0.0946. The predicted octanol–water partition coefficient (Wildman–Crippen LogP) is 1.67. The van der Waals surface area contributed by atoms with Crippen LogP contribution >= 0.6 is 0 Å². The molecular formula is C19H25N5O2. The van der Waals surface area contributed by atoms with Gasteiger partial charge in [0, 0.05) is 51.3 Å². The first kappa shape index (κ1) is 17.0. The van der Waals surface area contributed by atoms with Crippen LogP contribution in [0.25, 0.3) is 0 Å². The van der Waals surface area contributed by atoms with Crippen molar-refractivity contribution in [1.29, 1.82) is 0 Å². The van der Waals surface area contributed by atoms with Gasteiger partial charge < -0.3 is 14.5 Å². The molecule has 0 spiro atoms. The number of likely N-dealkylation sites (tertiary alicyclic amines) is 1. The van der Waals surface area contributed by atoms with Crippen LogP contribution in [-0.2, 0) is 11.3 Å². The summed E-state index contributed by atoms with van der Waals surface area (Å²) in [7, 11) is 0. The Morgan fingerprint density at radius 2 is 1.92 bits per heavy atom. The van der Waals surface area contributed by atoms with E-state index in [1.165, 1.54) is 0 Å². The number of amides is 1. The molecule has 0 unspecified atom stereocenters. The van der Waals surface area contributed by atoms with Crippen molar-refractivity contribution in [2.45, 2.75) is 19.4 Å². The molecule has 2 aromatic rings. The maximum Gasteiger partial charge on any atom is 0.257 e. The zero-order valence-corrected chi connectivity index (χ0v) is 15.0. The van der Waals surface area contributed by atoms with Crippen molar-refractivity contribution >= 4 is 11.7 Å². The average molecular weight is 355 g/mol. The molecule has 7 heteroatoms. The van der Waals surface area contributed by atoms with Crippen LogP contribution in [0.2, 0.25) is 0 Å². The summed E-state index contributed by atoms with van der Waals surface area (Å²) >= 11 is 0. The lowest BCUT2D eigenvalue weighted by molar-refractivity contribution is 0.0680. The Hall–Kier alpha value is -2.41.